The minimum Gasteiger partial charge on any atom is -0.396 e. The van der Waals surface area contributed by atoms with E-state index >= 15 is 0 Å². The van der Waals surface area contributed by atoms with Gasteiger partial charge in [-0.05, 0) is 31.2 Å². The topological polar surface area (TPSA) is 92.5 Å². The van der Waals surface area contributed by atoms with E-state index in [-0.39, 0.29) is 23.3 Å². The van der Waals surface area contributed by atoms with Crippen molar-refractivity contribution >= 4 is 11.6 Å². The third-order valence-electron chi connectivity index (χ3n) is 3.41. The summed E-state index contributed by atoms with van der Waals surface area (Å²) in [5.74, 6) is -0.438. The van der Waals surface area contributed by atoms with Crippen LogP contribution in [0.25, 0.3) is 0 Å². The van der Waals surface area contributed by atoms with Crippen LogP contribution in [0, 0.1) is 22.5 Å². The molecule has 0 spiro atoms. The van der Waals surface area contributed by atoms with Crippen molar-refractivity contribution in [2.45, 2.75) is 33.6 Å². The lowest BCUT2D eigenvalue weighted by Gasteiger charge is -2.21. The molecule has 0 heterocycles. The summed E-state index contributed by atoms with van der Waals surface area (Å²) in [7, 11) is 0. The number of benzene rings is 1. The van der Waals surface area contributed by atoms with Crippen molar-refractivity contribution in [3.05, 3.63) is 39.4 Å². The SMILES string of the molecule is Cc1cccc(C(=O)NCCCC(C)(C)CO)c1[N+](=O)[O-]. The second-order valence-electron chi connectivity index (χ2n) is 5.91. The van der Waals surface area contributed by atoms with Gasteiger partial charge in [-0.3, -0.25) is 14.9 Å². The molecule has 0 radical (unpaired) electrons. The standard InChI is InChI=1S/C15H22N2O4/c1-11-6-4-7-12(13(11)17(20)21)14(19)16-9-5-8-15(2,3)10-18/h4,6-7,18H,5,8-10H2,1-3H3,(H,16,19). The highest BCUT2D eigenvalue weighted by molar-refractivity contribution is 5.98. The summed E-state index contributed by atoms with van der Waals surface area (Å²) in [6, 6.07) is 4.70. The first-order valence-electron chi connectivity index (χ1n) is 6.91. The van der Waals surface area contributed by atoms with Crippen LogP contribution in [0.3, 0.4) is 0 Å². The molecule has 21 heavy (non-hydrogen) atoms. The van der Waals surface area contributed by atoms with Gasteiger partial charge < -0.3 is 10.4 Å². The lowest BCUT2D eigenvalue weighted by Crippen LogP contribution is -2.27. The first kappa shape index (κ1) is 17.1. The number of rotatable bonds is 7. The van der Waals surface area contributed by atoms with Crippen molar-refractivity contribution in [3.63, 3.8) is 0 Å². The Labute approximate surface area is 124 Å². The number of para-hydroxylation sites is 1. The van der Waals surface area contributed by atoms with Crippen LogP contribution in [0.2, 0.25) is 0 Å². The number of nitrogens with one attached hydrogen (secondary N) is 1. The molecule has 0 unspecified atom stereocenters. The first-order valence-corrected chi connectivity index (χ1v) is 6.91. The van der Waals surface area contributed by atoms with Crippen LogP contribution in [0.15, 0.2) is 18.2 Å². The zero-order valence-corrected chi connectivity index (χ0v) is 12.7. The smallest absolute Gasteiger partial charge is 0.285 e. The molecule has 6 nitrogen and oxygen atoms in total. The van der Waals surface area contributed by atoms with Crippen molar-refractivity contribution in [1.82, 2.24) is 5.32 Å². The van der Waals surface area contributed by atoms with E-state index in [9.17, 15) is 14.9 Å². The number of amides is 1. The molecule has 1 amide bonds. The fourth-order valence-electron chi connectivity index (χ4n) is 2.03. The third kappa shape index (κ3) is 4.82. The van der Waals surface area contributed by atoms with E-state index in [0.717, 1.165) is 6.42 Å². The number of aryl methyl sites for hydroxylation is 1. The van der Waals surface area contributed by atoms with E-state index < -0.39 is 10.8 Å². The summed E-state index contributed by atoms with van der Waals surface area (Å²) in [5.41, 5.74) is 0.223. The van der Waals surface area contributed by atoms with Gasteiger partial charge in [0.15, 0.2) is 0 Å². The number of nitro benzene ring substituents is 1. The highest BCUT2D eigenvalue weighted by Crippen LogP contribution is 2.23. The minimum atomic E-state index is -0.529. The molecule has 1 aromatic rings. The number of carbonyl (C=O) groups excluding carboxylic acids is 1. The maximum atomic E-state index is 12.1. The van der Waals surface area contributed by atoms with Gasteiger partial charge in [0.1, 0.15) is 5.56 Å². The van der Waals surface area contributed by atoms with Crippen LogP contribution in [0.4, 0.5) is 5.69 Å². The van der Waals surface area contributed by atoms with Crippen LogP contribution < -0.4 is 5.32 Å². The third-order valence-corrected chi connectivity index (χ3v) is 3.41. The number of aliphatic hydroxyl groups excluding tert-OH is 1. The van der Waals surface area contributed by atoms with Crippen molar-refractivity contribution in [2.24, 2.45) is 5.41 Å². The molecule has 2 N–H and O–H groups in total. The van der Waals surface area contributed by atoms with Crippen LogP contribution in [0.5, 0.6) is 0 Å². The predicted octanol–water partition coefficient (Wildman–Crippen LogP) is 2.43. The Morgan fingerprint density at radius 3 is 2.67 bits per heavy atom. The number of hydrogen-bond donors (Lipinski definition) is 2. The van der Waals surface area contributed by atoms with E-state index in [1.807, 2.05) is 13.8 Å². The largest absolute Gasteiger partial charge is 0.396 e. The highest BCUT2D eigenvalue weighted by atomic mass is 16.6. The Morgan fingerprint density at radius 2 is 2.10 bits per heavy atom. The van der Waals surface area contributed by atoms with E-state index in [0.29, 0.717) is 18.5 Å². The van der Waals surface area contributed by atoms with E-state index in [1.165, 1.54) is 6.07 Å². The minimum absolute atomic E-state index is 0.0846. The fourth-order valence-corrected chi connectivity index (χ4v) is 2.03. The molecular weight excluding hydrogens is 272 g/mol. The van der Waals surface area contributed by atoms with E-state index in [4.69, 9.17) is 5.11 Å². The molecule has 0 saturated carbocycles. The van der Waals surface area contributed by atoms with E-state index in [2.05, 4.69) is 5.32 Å². The molecule has 0 fully saturated rings. The lowest BCUT2D eigenvalue weighted by molar-refractivity contribution is -0.385. The fraction of sp³-hybridized carbons (Fsp3) is 0.533. The molecular formula is C15H22N2O4. The van der Waals surface area contributed by atoms with Gasteiger partial charge in [-0.2, -0.15) is 0 Å². The van der Waals surface area contributed by atoms with Crippen LogP contribution >= 0.6 is 0 Å². The maximum Gasteiger partial charge on any atom is 0.285 e. The van der Waals surface area contributed by atoms with Gasteiger partial charge in [0.05, 0.1) is 4.92 Å². The summed E-state index contributed by atoms with van der Waals surface area (Å²) in [4.78, 5) is 22.6. The molecule has 0 saturated heterocycles. The van der Waals surface area contributed by atoms with Crippen LogP contribution in [-0.4, -0.2) is 29.1 Å². The summed E-state index contributed by atoms with van der Waals surface area (Å²) in [6.45, 7) is 6.01. The molecule has 116 valence electrons. The highest BCUT2D eigenvalue weighted by Gasteiger charge is 2.22. The van der Waals surface area contributed by atoms with Crippen molar-refractivity contribution < 1.29 is 14.8 Å². The summed E-state index contributed by atoms with van der Waals surface area (Å²) < 4.78 is 0. The molecule has 0 aromatic heterocycles. The summed E-state index contributed by atoms with van der Waals surface area (Å²) in [6.07, 6.45) is 1.47. The van der Waals surface area contributed by atoms with Crippen molar-refractivity contribution in [3.8, 4) is 0 Å². The van der Waals surface area contributed by atoms with Crippen LogP contribution in [0.1, 0.15) is 42.6 Å². The van der Waals surface area contributed by atoms with Gasteiger partial charge in [0.2, 0.25) is 0 Å². The predicted molar refractivity (Wildman–Crippen MR) is 80.3 cm³/mol. The van der Waals surface area contributed by atoms with Gasteiger partial charge >= 0.3 is 0 Å². The number of nitrogens with zero attached hydrogens (tertiary/aromatic N) is 1. The average Bonchev–Trinajstić information content (AvgIpc) is 2.42. The Balaban J connectivity index is 2.65. The number of nitro groups is 1. The molecule has 0 bridgehead atoms. The normalized spacial score (nSPS) is 11.2. The quantitative estimate of drug-likeness (QED) is 0.459. The molecule has 0 aliphatic heterocycles. The van der Waals surface area contributed by atoms with Gasteiger partial charge in [-0.25, -0.2) is 0 Å². The number of aliphatic hydroxyl groups is 1. The zero-order valence-electron chi connectivity index (χ0n) is 12.7. The Kier molecular flexibility index (Phi) is 5.84. The van der Waals surface area contributed by atoms with Crippen molar-refractivity contribution in [1.29, 1.82) is 0 Å². The molecule has 0 atom stereocenters. The summed E-state index contributed by atoms with van der Waals surface area (Å²) in [5, 5.41) is 22.9. The van der Waals surface area contributed by atoms with Crippen molar-refractivity contribution in [2.75, 3.05) is 13.2 Å². The Morgan fingerprint density at radius 1 is 1.43 bits per heavy atom. The van der Waals surface area contributed by atoms with Gasteiger partial charge in [0.25, 0.3) is 11.6 Å². The molecule has 1 aromatic carbocycles. The molecule has 0 aliphatic rings. The molecule has 1 rings (SSSR count). The maximum absolute atomic E-state index is 12.1. The molecule has 0 aliphatic carbocycles. The Bertz CT molecular complexity index is 526. The second-order valence-corrected chi connectivity index (χ2v) is 5.91. The van der Waals surface area contributed by atoms with Gasteiger partial charge in [-0.15, -0.1) is 0 Å². The average molecular weight is 294 g/mol. The van der Waals surface area contributed by atoms with Gasteiger partial charge in [-0.1, -0.05) is 26.0 Å². The van der Waals surface area contributed by atoms with E-state index in [1.54, 1.807) is 19.1 Å². The second kappa shape index (κ2) is 7.17. The zero-order chi connectivity index (χ0) is 16.0. The lowest BCUT2D eigenvalue weighted by atomic mass is 9.89. The number of hydrogen-bond acceptors (Lipinski definition) is 4. The molecule has 6 heteroatoms. The first-order chi connectivity index (χ1) is 9.78. The number of carbonyl (C=O) groups is 1. The monoisotopic (exact) mass is 294 g/mol. The Hall–Kier alpha value is -1.95. The van der Waals surface area contributed by atoms with Crippen LogP contribution in [-0.2, 0) is 0 Å². The summed E-state index contributed by atoms with van der Waals surface area (Å²) >= 11 is 0. The van der Waals surface area contributed by atoms with Gasteiger partial charge in [0, 0.05) is 18.7 Å².